The lowest BCUT2D eigenvalue weighted by atomic mass is 9.96. The molecule has 0 bridgehead atoms. The molecule has 1 nitrogen and oxygen atoms in total. The van der Waals surface area contributed by atoms with Crippen molar-refractivity contribution >= 4 is 32.1 Å². The number of likely N-dealkylation sites (N-methyl/N-ethyl adjacent to an activating group) is 1. The Morgan fingerprint density at radius 1 is 1.10 bits per heavy atom. The zero-order chi connectivity index (χ0) is 14.1. The summed E-state index contributed by atoms with van der Waals surface area (Å²) in [5.41, 5.74) is 4.26. The number of hydrogen-bond acceptors (Lipinski definition) is 3. The van der Waals surface area contributed by atoms with Crippen LogP contribution in [0.4, 0.5) is 0 Å². The van der Waals surface area contributed by atoms with Crippen LogP contribution in [0.5, 0.6) is 0 Å². The minimum absolute atomic E-state index is 0.402. The molecule has 0 fully saturated rings. The SMILES string of the molecule is CNC(Cc1c(C)cccc1C)c1cc2sccc2s1. The molecule has 3 aromatic rings. The molecule has 1 atom stereocenters. The first kappa shape index (κ1) is 13.8. The Labute approximate surface area is 128 Å². The maximum atomic E-state index is 3.49. The van der Waals surface area contributed by atoms with Gasteiger partial charge in [-0.2, -0.15) is 0 Å². The number of nitrogens with one attached hydrogen (secondary N) is 1. The average molecular weight is 301 g/mol. The van der Waals surface area contributed by atoms with Crippen LogP contribution in [0.2, 0.25) is 0 Å². The van der Waals surface area contributed by atoms with Crippen LogP contribution < -0.4 is 5.32 Å². The van der Waals surface area contributed by atoms with Crippen molar-refractivity contribution in [2.45, 2.75) is 26.3 Å². The van der Waals surface area contributed by atoms with Gasteiger partial charge in [0.25, 0.3) is 0 Å². The lowest BCUT2D eigenvalue weighted by Gasteiger charge is -2.18. The van der Waals surface area contributed by atoms with E-state index in [1.165, 1.54) is 31.0 Å². The number of hydrogen-bond donors (Lipinski definition) is 1. The number of rotatable bonds is 4. The number of thiophene rings is 2. The summed E-state index contributed by atoms with van der Waals surface area (Å²) in [4.78, 5) is 1.44. The Bertz CT molecular complexity index is 675. The van der Waals surface area contributed by atoms with E-state index < -0.39 is 0 Å². The van der Waals surface area contributed by atoms with E-state index in [2.05, 4.69) is 61.9 Å². The Morgan fingerprint density at radius 2 is 1.85 bits per heavy atom. The minimum atomic E-state index is 0.402. The van der Waals surface area contributed by atoms with Crippen LogP contribution in [0.3, 0.4) is 0 Å². The van der Waals surface area contributed by atoms with Crippen molar-refractivity contribution in [1.29, 1.82) is 0 Å². The van der Waals surface area contributed by atoms with Gasteiger partial charge in [0.05, 0.1) is 0 Å². The fourth-order valence-corrected chi connectivity index (χ4v) is 4.91. The van der Waals surface area contributed by atoms with Crippen LogP contribution in [0.25, 0.3) is 9.40 Å². The second-order valence-corrected chi connectivity index (χ2v) is 7.28. The molecule has 0 radical (unpaired) electrons. The van der Waals surface area contributed by atoms with E-state index >= 15 is 0 Å². The van der Waals surface area contributed by atoms with Crippen LogP contribution >= 0.6 is 22.7 Å². The molecule has 2 heterocycles. The summed E-state index contributed by atoms with van der Waals surface area (Å²) in [5, 5.41) is 5.66. The zero-order valence-corrected chi connectivity index (χ0v) is 13.7. The molecule has 0 saturated heterocycles. The first-order valence-electron chi connectivity index (χ1n) is 6.88. The molecule has 104 valence electrons. The molecule has 20 heavy (non-hydrogen) atoms. The topological polar surface area (TPSA) is 12.0 Å². The third-order valence-electron chi connectivity index (χ3n) is 3.90. The van der Waals surface area contributed by atoms with Crippen LogP contribution in [0.1, 0.15) is 27.6 Å². The molecule has 3 heteroatoms. The summed E-state index contributed by atoms with van der Waals surface area (Å²) in [6.07, 6.45) is 1.06. The standard InChI is InChI=1S/C17H19NS2/c1-11-5-4-6-12(2)13(11)9-14(18-3)16-10-17-15(20-16)7-8-19-17/h4-8,10,14,18H,9H2,1-3H3. The summed E-state index contributed by atoms with van der Waals surface area (Å²) in [7, 11) is 2.06. The predicted octanol–water partition coefficient (Wildman–Crippen LogP) is 5.08. The lowest BCUT2D eigenvalue weighted by Crippen LogP contribution is -2.18. The highest BCUT2D eigenvalue weighted by molar-refractivity contribution is 7.26. The minimum Gasteiger partial charge on any atom is -0.312 e. The van der Waals surface area contributed by atoms with Gasteiger partial charge in [0.1, 0.15) is 0 Å². The van der Waals surface area contributed by atoms with Crippen LogP contribution in [0.15, 0.2) is 35.7 Å². The maximum absolute atomic E-state index is 3.49. The van der Waals surface area contributed by atoms with Gasteiger partial charge in [0.15, 0.2) is 0 Å². The largest absolute Gasteiger partial charge is 0.312 e. The summed E-state index contributed by atoms with van der Waals surface area (Å²) in [5.74, 6) is 0. The van der Waals surface area contributed by atoms with Gasteiger partial charge in [-0.1, -0.05) is 18.2 Å². The monoisotopic (exact) mass is 301 g/mol. The van der Waals surface area contributed by atoms with Crippen molar-refractivity contribution in [3.63, 3.8) is 0 Å². The maximum Gasteiger partial charge on any atom is 0.0454 e. The van der Waals surface area contributed by atoms with Crippen LogP contribution in [-0.4, -0.2) is 7.05 Å². The summed E-state index contributed by atoms with van der Waals surface area (Å²) < 4.78 is 2.82. The molecular formula is C17H19NS2. The lowest BCUT2D eigenvalue weighted by molar-refractivity contribution is 0.599. The fourth-order valence-electron chi connectivity index (χ4n) is 2.68. The second-order valence-electron chi connectivity index (χ2n) is 5.21. The van der Waals surface area contributed by atoms with Gasteiger partial charge in [0, 0.05) is 20.3 Å². The highest BCUT2D eigenvalue weighted by atomic mass is 32.1. The van der Waals surface area contributed by atoms with Crippen molar-refractivity contribution in [3.8, 4) is 0 Å². The van der Waals surface area contributed by atoms with E-state index in [9.17, 15) is 0 Å². The molecule has 0 spiro atoms. The average Bonchev–Trinajstić information content (AvgIpc) is 2.99. The quantitative estimate of drug-likeness (QED) is 0.708. The van der Waals surface area contributed by atoms with Crippen molar-refractivity contribution in [2.75, 3.05) is 7.05 Å². The third kappa shape index (κ3) is 2.53. The van der Waals surface area contributed by atoms with Gasteiger partial charge >= 0.3 is 0 Å². The molecule has 1 N–H and O–H groups in total. The summed E-state index contributed by atoms with van der Waals surface area (Å²) in [6.45, 7) is 4.42. The van der Waals surface area contributed by atoms with Gasteiger partial charge in [-0.15, -0.1) is 22.7 Å². The third-order valence-corrected chi connectivity index (χ3v) is 6.11. The molecule has 0 amide bonds. The molecule has 0 aliphatic heterocycles. The zero-order valence-electron chi connectivity index (χ0n) is 12.1. The number of aryl methyl sites for hydroxylation is 2. The summed E-state index contributed by atoms with van der Waals surface area (Å²) in [6, 6.07) is 11.5. The van der Waals surface area contributed by atoms with E-state index in [4.69, 9.17) is 0 Å². The van der Waals surface area contributed by atoms with Gasteiger partial charge in [-0.25, -0.2) is 0 Å². The number of benzene rings is 1. The van der Waals surface area contributed by atoms with Gasteiger partial charge in [0.2, 0.25) is 0 Å². The molecule has 0 aliphatic carbocycles. The summed E-state index contributed by atoms with van der Waals surface area (Å²) >= 11 is 3.75. The van der Waals surface area contributed by atoms with Crippen molar-refractivity contribution in [2.24, 2.45) is 0 Å². The van der Waals surface area contributed by atoms with Crippen molar-refractivity contribution in [1.82, 2.24) is 5.32 Å². The van der Waals surface area contributed by atoms with E-state index in [1.54, 1.807) is 0 Å². The molecule has 1 aromatic carbocycles. The Balaban J connectivity index is 1.92. The van der Waals surface area contributed by atoms with E-state index in [1.807, 2.05) is 22.7 Å². The first-order valence-corrected chi connectivity index (χ1v) is 8.58. The molecule has 0 aliphatic rings. The Morgan fingerprint density at radius 3 is 2.50 bits per heavy atom. The van der Waals surface area contributed by atoms with Crippen molar-refractivity contribution in [3.05, 3.63) is 57.3 Å². The van der Waals surface area contributed by atoms with Gasteiger partial charge in [-0.05, 0) is 61.5 Å². The van der Waals surface area contributed by atoms with E-state index in [-0.39, 0.29) is 0 Å². The van der Waals surface area contributed by atoms with Gasteiger partial charge in [-0.3, -0.25) is 0 Å². The molecule has 3 rings (SSSR count). The normalized spacial score (nSPS) is 12.9. The molecule has 1 unspecified atom stereocenters. The van der Waals surface area contributed by atoms with Gasteiger partial charge < -0.3 is 5.32 Å². The van der Waals surface area contributed by atoms with Crippen LogP contribution in [-0.2, 0) is 6.42 Å². The molecular weight excluding hydrogens is 282 g/mol. The Hall–Kier alpha value is -1.16. The first-order chi connectivity index (χ1) is 9.69. The van der Waals surface area contributed by atoms with E-state index in [0.29, 0.717) is 6.04 Å². The predicted molar refractivity (Wildman–Crippen MR) is 91.1 cm³/mol. The highest BCUT2D eigenvalue weighted by Gasteiger charge is 2.16. The second kappa shape index (κ2) is 5.68. The molecule has 2 aromatic heterocycles. The number of fused-ring (bicyclic) bond motifs is 1. The van der Waals surface area contributed by atoms with Crippen LogP contribution in [0, 0.1) is 13.8 Å². The fraction of sp³-hybridized carbons (Fsp3) is 0.294. The smallest absolute Gasteiger partial charge is 0.0454 e. The van der Waals surface area contributed by atoms with Crippen molar-refractivity contribution < 1.29 is 0 Å². The van der Waals surface area contributed by atoms with E-state index in [0.717, 1.165) is 6.42 Å². The highest BCUT2D eigenvalue weighted by Crippen LogP contribution is 2.35. The molecule has 0 saturated carbocycles. The Kier molecular flexibility index (Phi) is 3.92.